The lowest BCUT2D eigenvalue weighted by Crippen LogP contribution is -2.41. The van der Waals surface area contributed by atoms with Crippen molar-refractivity contribution in [1.29, 1.82) is 0 Å². The molecule has 0 aliphatic heterocycles. The third kappa shape index (κ3) is 4.01. The Balaban J connectivity index is 2.38. The zero-order valence-electron chi connectivity index (χ0n) is 13.3. The summed E-state index contributed by atoms with van der Waals surface area (Å²) in [7, 11) is -1.88. The van der Waals surface area contributed by atoms with Crippen LogP contribution in [0, 0.1) is 11.8 Å². The van der Waals surface area contributed by atoms with Gasteiger partial charge in [0.1, 0.15) is 6.61 Å². The van der Waals surface area contributed by atoms with Crippen LogP contribution in [0.2, 0.25) is 18.1 Å². The second-order valence-corrected chi connectivity index (χ2v) is 11.9. The monoisotopic (exact) mass is 308 g/mol. The van der Waals surface area contributed by atoms with Crippen molar-refractivity contribution in [3.05, 3.63) is 0 Å². The van der Waals surface area contributed by atoms with Gasteiger partial charge in [-0.1, -0.05) is 20.8 Å². The Morgan fingerprint density at radius 1 is 1.25 bits per heavy atom. The number of hydrogen-bond acceptors (Lipinski definition) is 3. The van der Waals surface area contributed by atoms with E-state index in [-0.39, 0.29) is 11.6 Å². The standard InChI is InChI=1S/C14H26F2O3Si/c1-10(17)18-9-12-11(14(12,15)16)7-8-19-20(5,6)13(2,3)4/h11-12H,7-9H2,1-6H3/t11-,12+/m1/s1. The first-order chi connectivity index (χ1) is 8.89. The Labute approximate surface area is 121 Å². The number of halogens is 2. The number of hydrogen-bond donors (Lipinski definition) is 0. The minimum atomic E-state index is -2.72. The molecule has 6 heteroatoms. The highest BCUT2D eigenvalue weighted by atomic mass is 28.4. The van der Waals surface area contributed by atoms with E-state index in [2.05, 4.69) is 38.6 Å². The summed E-state index contributed by atoms with van der Waals surface area (Å²) >= 11 is 0. The average molecular weight is 308 g/mol. The lowest BCUT2D eigenvalue weighted by Gasteiger charge is -2.36. The lowest BCUT2D eigenvalue weighted by molar-refractivity contribution is -0.142. The van der Waals surface area contributed by atoms with Crippen molar-refractivity contribution in [2.75, 3.05) is 13.2 Å². The van der Waals surface area contributed by atoms with E-state index in [1.54, 1.807) is 0 Å². The fraction of sp³-hybridized carbons (Fsp3) is 0.929. The predicted octanol–water partition coefficient (Wildman–Crippen LogP) is 3.84. The van der Waals surface area contributed by atoms with Crippen molar-refractivity contribution in [2.45, 2.75) is 58.2 Å². The van der Waals surface area contributed by atoms with Crippen LogP contribution in [-0.2, 0) is 14.0 Å². The van der Waals surface area contributed by atoms with E-state index in [9.17, 15) is 13.6 Å². The molecular weight excluding hydrogens is 282 g/mol. The Morgan fingerprint density at radius 3 is 2.25 bits per heavy atom. The molecule has 118 valence electrons. The van der Waals surface area contributed by atoms with Crippen LogP contribution < -0.4 is 0 Å². The maximum Gasteiger partial charge on any atom is 0.302 e. The average Bonchev–Trinajstić information content (AvgIpc) is 2.75. The second-order valence-electron chi connectivity index (χ2n) is 7.09. The molecule has 0 N–H and O–H groups in total. The lowest BCUT2D eigenvalue weighted by atomic mass is 10.2. The fourth-order valence-corrected chi connectivity index (χ4v) is 3.01. The molecule has 1 aliphatic rings. The Hall–Kier alpha value is -0.493. The number of carbonyl (C=O) groups is 1. The van der Waals surface area contributed by atoms with E-state index < -0.39 is 32.0 Å². The molecule has 1 fully saturated rings. The van der Waals surface area contributed by atoms with Crippen molar-refractivity contribution in [3.63, 3.8) is 0 Å². The van der Waals surface area contributed by atoms with Gasteiger partial charge in [-0.2, -0.15) is 0 Å². The summed E-state index contributed by atoms with van der Waals surface area (Å²) in [5, 5.41) is 0.0796. The number of alkyl halides is 2. The molecule has 0 aromatic heterocycles. The number of esters is 1. The molecule has 1 rings (SSSR count). The minimum Gasteiger partial charge on any atom is -0.465 e. The van der Waals surface area contributed by atoms with Crippen molar-refractivity contribution in [1.82, 2.24) is 0 Å². The van der Waals surface area contributed by atoms with E-state index in [4.69, 9.17) is 4.43 Å². The number of carbonyl (C=O) groups excluding carboxylic acids is 1. The van der Waals surface area contributed by atoms with Gasteiger partial charge in [0.15, 0.2) is 8.32 Å². The second kappa shape index (κ2) is 5.71. The normalized spacial score (nSPS) is 25.4. The maximum absolute atomic E-state index is 13.5. The summed E-state index contributed by atoms with van der Waals surface area (Å²) in [4.78, 5) is 10.7. The number of ether oxygens (including phenoxy) is 1. The van der Waals surface area contributed by atoms with Gasteiger partial charge in [0, 0.05) is 19.4 Å². The van der Waals surface area contributed by atoms with Crippen molar-refractivity contribution < 1.29 is 22.7 Å². The van der Waals surface area contributed by atoms with Crippen LogP contribution in [0.15, 0.2) is 0 Å². The maximum atomic E-state index is 13.5. The summed E-state index contributed by atoms with van der Waals surface area (Å²) < 4.78 is 37.7. The topological polar surface area (TPSA) is 35.5 Å². The first-order valence-corrected chi connectivity index (χ1v) is 9.95. The van der Waals surface area contributed by atoms with E-state index in [0.717, 1.165) is 0 Å². The van der Waals surface area contributed by atoms with Gasteiger partial charge in [0.05, 0.1) is 5.92 Å². The highest BCUT2D eigenvalue weighted by Crippen LogP contribution is 2.57. The van der Waals surface area contributed by atoms with Crippen LogP contribution >= 0.6 is 0 Å². The van der Waals surface area contributed by atoms with Gasteiger partial charge in [-0.05, 0) is 24.6 Å². The fourth-order valence-electron chi connectivity index (χ4n) is 1.95. The molecule has 0 heterocycles. The molecule has 1 aliphatic carbocycles. The summed E-state index contributed by atoms with van der Waals surface area (Å²) in [6.45, 7) is 12.0. The van der Waals surface area contributed by atoms with Gasteiger partial charge in [-0.15, -0.1) is 0 Å². The van der Waals surface area contributed by atoms with E-state index in [1.807, 2.05) is 0 Å². The van der Waals surface area contributed by atoms with Gasteiger partial charge < -0.3 is 9.16 Å². The van der Waals surface area contributed by atoms with Gasteiger partial charge in [-0.25, -0.2) is 8.78 Å². The zero-order chi connectivity index (χ0) is 15.8. The van der Waals surface area contributed by atoms with E-state index in [1.165, 1.54) is 6.92 Å². The highest BCUT2D eigenvalue weighted by molar-refractivity contribution is 6.74. The first-order valence-electron chi connectivity index (χ1n) is 7.04. The molecule has 0 bridgehead atoms. The summed E-state index contributed by atoms with van der Waals surface area (Å²) in [5.41, 5.74) is 0. The molecule has 0 spiro atoms. The van der Waals surface area contributed by atoms with Crippen LogP contribution in [-0.4, -0.2) is 33.4 Å². The van der Waals surface area contributed by atoms with Gasteiger partial charge in [-0.3, -0.25) is 4.79 Å². The van der Waals surface area contributed by atoms with Crippen LogP contribution in [0.4, 0.5) is 8.78 Å². The molecule has 2 atom stereocenters. The molecule has 1 saturated carbocycles. The zero-order valence-corrected chi connectivity index (χ0v) is 14.3. The summed E-state index contributed by atoms with van der Waals surface area (Å²) in [6.07, 6.45) is 0.325. The third-order valence-electron chi connectivity index (χ3n) is 4.53. The molecule has 20 heavy (non-hydrogen) atoms. The van der Waals surface area contributed by atoms with Crippen LogP contribution in [0.25, 0.3) is 0 Å². The summed E-state index contributed by atoms with van der Waals surface area (Å²) in [6, 6.07) is 0. The van der Waals surface area contributed by atoms with E-state index in [0.29, 0.717) is 13.0 Å². The Morgan fingerprint density at radius 2 is 1.80 bits per heavy atom. The van der Waals surface area contributed by atoms with Crippen LogP contribution in [0.3, 0.4) is 0 Å². The molecule has 0 unspecified atom stereocenters. The number of rotatable bonds is 6. The highest BCUT2D eigenvalue weighted by Gasteiger charge is 2.67. The molecular formula is C14H26F2O3Si. The third-order valence-corrected chi connectivity index (χ3v) is 9.07. The molecule has 0 amide bonds. The largest absolute Gasteiger partial charge is 0.465 e. The SMILES string of the molecule is CC(=O)OC[C@H]1[C@@H](CCO[Si](C)(C)C(C)(C)C)C1(F)F. The Bertz CT molecular complexity index is 364. The first kappa shape index (κ1) is 17.6. The van der Waals surface area contributed by atoms with Gasteiger partial charge in [0.2, 0.25) is 0 Å². The van der Waals surface area contributed by atoms with E-state index >= 15 is 0 Å². The van der Waals surface area contributed by atoms with Crippen molar-refractivity contribution in [3.8, 4) is 0 Å². The molecule has 3 nitrogen and oxygen atoms in total. The smallest absolute Gasteiger partial charge is 0.302 e. The molecule has 0 radical (unpaired) electrons. The predicted molar refractivity (Wildman–Crippen MR) is 76.3 cm³/mol. The minimum absolute atomic E-state index is 0.0796. The quantitative estimate of drug-likeness (QED) is 0.552. The van der Waals surface area contributed by atoms with Gasteiger partial charge in [0.25, 0.3) is 5.92 Å². The molecule has 0 aromatic rings. The Kier molecular flexibility index (Phi) is 5.02. The van der Waals surface area contributed by atoms with Crippen molar-refractivity contribution >= 4 is 14.3 Å². The van der Waals surface area contributed by atoms with Crippen LogP contribution in [0.1, 0.15) is 34.1 Å². The molecule has 0 saturated heterocycles. The molecule has 0 aromatic carbocycles. The van der Waals surface area contributed by atoms with Gasteiger partial charge >= 0.3 is 5.97 Å². The van der Waals surface area contributed by atoms with Crippen molar-refractivity contribution in [2.24, 2.45) is 11.8 Å². The van der Waals surface area contributed by atoms with Crippen LogP contribution in [0.5, 0.6) is 0 Å². The summed E-state index contributed by atoms with van der Waals surface area (Å²) in [5.74, 6) is -4.78.